The maximum atomic E-state index is 12.1. The van der Waals surface area contributed by atoms with E-state index in [2.05, 4.69) is 15.0 Å². The van der Waals surface area contributed by atoms with Crippen molar-refractivity contribution >= 4 is 33.0 Å². The third-order valence-corrected chi connectivity index (χ3v) is 5.14. The monoisotopic (exact) mass is 401 g/mol. The number of carbonyl (C=O) groups excluding carboxylic acids is 1. The number of nitrogens with one attached hydrogen (secondary N) is 2. The fourth-order valence-corrected chi connectivity index (χ4v) is 3.81. The van der Waals surface area contributed by atoms with Crippen LogP contribution in [0, 0.1) is 0 Å². The average molecular weight is 402 g/mol. The van der Waals surface area contributed by atoms with E-state index in [1.54, 1.807) is 24.3 Å². The summed E-state index contributed by atoms with van der Waals surface area (Å²) in [4.78, 5) is 16.6. The molecule has 0 aliphatic carbocycles. The maximum absolute atomic E-state index is 12.1. The first-order chi connectivity index (χ1) is 12.9. The van der Waals surface area contributed by atoms with E-state index in [1.807, 2.05) is 35.7 Å². The van der Waals surface area contributed by atoms with E-state index in [0.29, 0.717) is 12.2 Å². The molecule has 0 radical (unpaired) electrons. The van der Waals surface area contributed by atoms with Gasteiger partial charge in [0.15, 0.2) is 0 Å². The molecule has 3 rings (SSSR count). The normalized spacial score (nSPS) is 11.1. The number of anilines is 1. The van der Waals surface area contributed by atoms with Crippen LogP contribution in [0.4, 0.5) is 5.69 Å². The highest BCUT2D eigenvalue weighted by Gasteiger charge is 2.10. The molecule has 0 saturated carbocycles. The molecule has 1 heterocycles. The number of hydrogen-bond donors (Lipinski definition) is 2. The van der Waals surface area contributed by atoms with Gasteiger partial charge < -0.3 is 5.32 Å². The molecular weight excluding hydrogens is 382 g/mol. The Labute approximate surface area is 162 Å². The Morgan fingerprint density at radius 1 is 1.07 bits per heavy atom. The first-order valence-corrected chi connectivity index (χ1v) is 11.0. The third-order valence-electron chi connectivity index (χ3n) is 3.68. The minimum Gasteiger partial charge on any atom is -0.352 e. The van der Waals surface area contributed by atoms with Gasteiger partial charge in [0.1, 0.15) is 5.01 Å². The van der Waals surface area contributed by atoms with Gasteiger partial charge in [-0.3, -0.25) is 9.52 Å². The van der Waals surface area contributed by atoms with Crippen molar-refractivity contribution in [2.45, 2.75) is 13.0 Å². The summed E-state index contributed by atoms with van der Waals surface area (Å²) in [7, 11) is -3.30. The van der Waals surface area contributed by atoms with Crippen molar-refractivity contribution in [2.75, 3.05) is 11.0 Å². The summed E-state index contributed by atoms with van der Waals surface area (Å²) >= 11 is 1.43. The fourth-order valence-electron chi connectivity index (χ4n) is 2.44. The standard InChI is InChI=1S/C19H19N3O3S2/c1-27(24,25)22-16-9-7-15(8-10-16)17-13-26-19(21-17)11-18(23)20-12-14-5-3-2-4-6-14/h2-10,13,22H,11-12H2,1H3,(H,20,23). The van der Waals surface area contributed by atoms with Gasteiger partial charge in [-0.1, -0.05) is 42.5 Å². The molecule has 0 atom stereocenters. The summed E-state index contributed by atoms with van der Waals surface area (Å²) in [5.41, 5.74) is 3.17. The topological polar surface area (TPSA) is 88.2 Å². The predicted octanol–water partition coefficient (Wildman–Crippen LogP) is 3.04. The van der Waals surface area contributed by atoms with Gasteiger partial charge in [-0.2, -0.15) is 0 Å². The highest BCUT2D eigenvalue weighted by molar-refractivity contribution is 7.92. The molecule has 0 aliphatic heterocycles. The zero-order valence-corrected chi connectivity index (χ0v) is 16.3. The smallest absolute Gasteiger partial charge is 0.229 e. The first kappa shape index (κ1) is 19.1. The molecule has 0 saturated heterocycles. The molecule has 0 aliphatic rings. The maximum Gasteiger partial charge on any atom is 0.229 e. The molecule has 2 N–H and O–H groups in total. The fraction of sp³-hybridized carbons (Fsp3) is 0.158. The summed E-state index contributed by atoms with van der Waals surface area (Å²) in [6.45, 7) is 0.493. The molecule has 1 amide bonds. The van der Waals surface area contributed by atoms with Gasteiger partial charge in [0, 0.05) is 23.2 Å². The van der Waals surface area contributed by atoms with Gasteiger partial charge in [0.2, 0.25) is 15.9 Å². The Bertz CT molecular complexity index is 1010. The van der Waals surface area contributed by atoms with Crippen molar-refractivity contribution in [2.24, 2.45) is 0 Å². The molecule has 1 aromatic heterocycles. The van der Waals surface area contributed by atoms with E-state index in [4.69, 9.17) is 0 Å². The molecular formula is C19H19N3O3S2. The van der Waals surface area contributed by atoms with Gasteiger partial charge >= 0.3 is 0 Å². The molecule has 0 spiro atoms. The van der Waals surface area contributed by atoms with Crippen molar-refractivity contribution < 1.29 is 13.2 Å². The van der Waals surface area contributed by atoms with Crippen LogP contribution in [0.5, 0.6) is 0 Å². The van der Waals surface area contributed by atoms with Crippen molar-refractivity contribution in [1.29, 1.82) is 0 Å². The first-order valence-electron chi connectivity index (χ1n) is 8.22. The van der Waals surface area contributed by atoms with E-state index in [0.717, 1.165) is 28.1 Å². The van der Waals surface area contributed by atoms with Crippen molar-refractivity contribution in [3.05, 3.63) is 70.5 Å². The Balaban J connectivity index is 1.58. The van der Waals surface area contributed by atoms with E-state index < -0.39 is 10.0 Å². The van der Waals surface area contributed by atoms with Gasteiger partial charge in [0.05, 0.1) is 18.4 Å². The van der Waals surface area contributed by atoms with Crippen LogP contribution in [0.3, 0.4) is 0 Å². The van der Waals surface area contributed by atoms with Gasteiger partial charge in [-0.15, -0.1) is 11.3 Å². The van der Waals surface area contributed by atoms with Gasteiger partial charge in [-0.05, 0) is 17.7 Å². The summed E-state index contributed by atoms with van der Waals surface area (Å²) < 4.78 is 24.9. The number of sulfonamides is 1. The quantitative estimate of drug-likeness (QED) is 0.637. The van der Waals surface area contributed by atoms with Crippen LogP contribution in [0.15, 0.2) is 60.0 Å². The van der Waals surface area contributed by atoms with Crippen LogP contribution in [0.2, 0.25) is 0 Å². The number of aromatic nitrogens is 1. The molecule has 0 bridgehead atoms. The lowest BCUT2D eigenvalue weighted by molar-refractivity contribution is -0.120. The summed E-state index contributed by atoms with van der Waals surface area (Å²) in [5.74, 6) is -0.0764. The lowest BCUT2D eigenvalue weighted by atomic mass is 10.1. The van der Waals surface area contributed by atoms with E-state index in [9.17, 15) is 13.2 Å². The SMILES string of the molecule is CS(=O)(=O)Nc1ccc(-c2csc(CC(=O)NCc3ccccc3)n2)cc1. The van der Waals surface area contributed by atoms with Gasteiger partial charge in [-0.25, -0.2) is 13.4 Å². The minimum absolute atomic E-state index is 0.0764. The highest BCUT2D eigenvalue weighted by Crippen LogP contribution is 2.24. The number of nitrogens with zero attached hydrogens (tertiary/aromatic N) is 1. The van der Waals surface area contributed by atoms with Gasteiger partial charge in [0.25, 0.3) is 0 Å². The minimum atomic E-state index is -3.30. The molecule has 8 heteroatoms. The molecule has 140 valence electrons. The van der Waals surface area contributed by atoms with Crippen molar-refractivity contribution in [3.63, 3.8) is 0 Å². The number of rotatable bonds is 7. The zero-order chi connectivity index (χ0) is 19.3. The third kappa shape index (κ3) is 5.90. The van der Waals surface area contributed by atoms with E-state index >= 15 is 0 Å². The highest BCUT2D eigenvalue weighted by atomic mass is 32.2. The predicted molar refractivity (Wildman–Crippen MR) is 108 cm³/mol. The number of carbonyl (C=O) groups is 1. The van der Waals surface area contributed by atoms with Crippen LogP contribution < -0.4 is 10.0 Å². The number of amides is 1. The zero-order valence-electron chi connectivity index (χ0n) is 14.7. The molecule has 0 fully saturated rings. The van der Waals surface area contributed by atoms with Crippen LogP contribution in [-0.2, 0) is 27.8 Å². The molecule has 3 aromatic rings. The van der Waals surface area contributed by atoms with Crippen molar-refractivity contribution in [1.82, 2.24) is 10.3 Å². The Kier molecular flexibility index (Phi) is 5.88. The van der Waals surface area contributed by atoms with Crippen LogP contribution in [0.1, 0.15) is 10.6 Å². The summed E-state index contributed by atoms with van der Waals surface area (Å²) in [6, 6.07) is 16.7. The Hall–Kier alpha value is -2.71. The number of hydrogen-bond acceptors (Lipinski definition) is 5. The van der Waals surface area contributed by atoms with Crippen LogP contribution in [0.25, 0.3) is 11.3 Å². The Morgan fingerprint density at radius 2 is 1.78 bits per heavy atom. The largest absolute Gasteiger partial charge is 0.352 e. The molecule has 0 unspecified atom stereocenters. The lowest BCUT2D eigenvalue weighted by Crippen LogP contribution is -2.24. The van der Waals surface area contributed by atoms with E-state index in [-0.39, 0.29) is 12.3 Å². The average Bonchev–Trinajstić information content (AvgIpc) is 3.08. The lowest BCUT2D eigenvalue weighted by Gasteiger charge is -2.04. The molecule has 6 nitrogen and oxygen atoms in total. The number of benzene rings is 2. The Morgan fingerprint density at radius 3 is 2.44 bits per heavy atom. The summed E-state index contributed by atoms with van der Waals surface area (Å²) in [6.07, 6.45) is 1.33. The van der Waals surface area contributed by atoms with E-state index in [1.165, 1.54) is 11.3 Å². The van der Waals surface area contributed by atoms with Crippen LogP contribution >= 0.6 is 11.3 Å². The second-order valence-corrected chi connectivity index (χ2v) is 8.71. The summed E-state index contributed by atoms with van der Waals surface area (Å²) in [5, 5.41) is 5.51. The van der Waals surface area contributed by atoms with Crippen molar-refractivity contribution in [3.8, 4) is 11.3 Å². The molecule has 27 heavy (non-hydrogen) atoms. The van der Waals surface area contributed by atoms with Crippen LogP contribution in [-0.4, -0.2) is 25.6 Å². The second-order valence-electron chi connectivity index (χ2n) is 6.02. The second kappa shape index (κ2) is 8.32. The molecule has 2 aromatic carbocycles. The number of thiazole rings is 1.